The van der Waals surface area contributed by atoms with Crippen LogP contribution in [-0.2, 0) is 16.1 Å². The summed E-state index contributed by atoms with van der Waals surface area (Å²) in [6.07, 6.45) is 3.21. The third kappa shape index (κ3) is 7.44. The normalized spacial score (nSPS) is 10.5. The van der Waals surface area contributed by atoms with Crippen molar-refractivity contribution in [3.8, 4) is 17.7 Å². The number of methoxy groups -OCH3 is 1. The van der Waals surface area contributed by atoms with Crippen LogP contribution < -0.4 is 14.9 Å². The summed E-state index contributed by atoms with van der Waals surface area (Å²) < 4.78 is 18.0. The second-order valence-corrected chi connectivity index (χ2v) is 8.47. The van der Waals surface area contributed by atoms with Crippen LogP contribution in [0.2, 0.25) is 0 Å². The molecule has 0 saturated heterocycles. The fraction of sp³-hybridized carbons (Fsp3) is 0.238. The Kier molecular flexibility index (Phi) is 10.2. The van der Waals surface area contributed by atoms with Gasteiger partial charge in [-0.2, -0.15) is 10.4 Å². The van der Waals surface area contributed by atoms with Gasteiger partial charge in [-0.15, -0.1) is 0 Å². The Bertz CT molecular complexity index is 1010. The first-order valence-electron chi connectivity index (χ1n) is 8.96. The standard InChI is InChI=1S/C21H20I2N4O4/c1-4-5-30-20-17(22)7-14(8-18(20)23)10-25-27-19(28)12-31-21-16(9-24)15(11-29-3)6-13(2)26-21/h4,6-8,10H,1,5,11-12H2,2-3H3,(H,27,28)/b25-10+. The Balaban J connectivity index is 2.00. The van der Waals surface area contributed by atoms with Gasteiger partial charge in [0, 0.05) is 18.4 Å². The van der Waals surface area contributed by atoms with E-state index in [2.05, 4.69) is 67.3 Å². The molecule has 8 nitrogen and oxygen atoms in total. The predicted molar refractivity (Wildman–Crippen MR) is 133 cm³/mol. The number of aromatic nitrogens is 1. The van der Waals surface area contributed by atoms with Gasteiger partial charge in [0.25, 0.3) is 5.91 Å². The van der Waals surface area contributed by atoms with Gasteiger partial charge in [-0.3, -0.25) is 4.79 Å². The number of nitriles is 1. The Morgan fingerprint density at radius 2 is 2.03 bits per heavy atom. The maximum absolute atomic E-state index is 12.1. The molecule has 0 spiro atoms. The van der Waals surface area contributed by atoms with E-state index in [1.807, 2.05) is 18.2 Å². The zero-order valence-corrected chi connectivity index (χ0v) is 21.3. The zero-order valence-electron chi connectivity index (χ0n) is 16.9. The molecular weight excluding hydrogens is 626 g/mol. The third-order valence-corrected chi connectivity index (χ3v) is 5.32. The van der Waals surface area contributed by atoms with Crippen LogP contribution >= 0.6 is 45.2 Å². The summed E-state index contributed by atoms with van der Waals surface area (Å²) in [6, 6.07) is 7.57. The van der Waals surface area contributed by atoms with Gasteiger partial charge in [0.2, 0.25) is 5.88 Å². The van der Waals surface area contributed by atoms with E-state index in [4.69, 9.17) is 14.2 Å². The molecule has 0 saturated carbocycles. The largest absolute Gasteiger partial charge is 0.487 e. The number of nitrogens with one attached hydrogen (secondary N) is 1. The summed E-state index contributed by atoms with van der Waals surface area (Å²) in [5, 5.41) is 13.4. The molecule has 1 aromatic heterocycles. The molecule has 2 rings (SSSR count). The molecule has 0 fully saturated rings. The minimum Gasteiger partial charge on any atom is -0.487 e. The van der Waals surface area contributed by atoms with E-state index < -0.39 is 5.91 Å². The van der Waals surface area contributed by atoms with Crippen LogP contribution in [-0.4, -0.2) is 37.4 Å². The van der Waals surface area contributed by atoms with E-state index in [1.165, 1.54) is 13.3 Å². The average molecular weight is 646 g/mol. The van der Waals surface area contributed by atoms with Crippen molar-refractivity contribution in [3.05, 3.63) is 60.4 Å². The van der Waals surface area contributed by atoms with Gasteiger partial charge in [0.1, 0.15) is 24.0 Å². The van der Waals surface area contributed by atoms with E-state index >= 15 is 0 Å². The molecule has 0 aliphatic heterocycles. The van der Waals surface area contributed by atoms with Crippen molar-refractivity contribution in [2.24, 2.45) is 5.10 Å². The molecule has 0 aliphatic carbocycles. The van der Waals surface area contributed by atoms with Crippen LogP contribution in [0.4, 0.5) is 0 Å². The number of carbonyl (C=O) groups excluding carboxylic acids is 1. The number of aryl methyl sites for hydroxylation is 1. The number of amides is 1. The molecule has 0 atom stereocenters. The molecule has 0 unspecified atom stereocenters. The van der Waals surface area contributed by atoms with Crippen LogP contribution in [0.15, 0.2) is 36.0 Å². The van der Waals surface area contributed by atoms with Crippen molar-refractivity contribution < 1.29 is 19.0 Å². The number of hydrazone groups is 1. The molecule has 1 heterocycles. The van der Waals surface area contributed by atoms with Crippen LogP contribution in [0.1, 0.15) is 22.4 Å². The molecule has 2 aromatic rings. The number of hydrogen-bond acceptors (Lipinski definition) is 7. The van der Waals surface area contributed by atoms with Crippen molar-refractivity contribution >= 4 is 57.3 Å². The van der Waals surface area contributed by atoms with E-state index in [1.54, 1.807) is 19.1 Å². The van der Waals surface area contributed by atoms with Gasteiger partial charge in [0.15, 0.2) is 6.61 Å². The average Bonchev–Trinajstić information content (AvgIpc) is 2.72. The van der Waals surface area contributed by atoms with Gasteiger partial charge in [-0.1, -0.05) is 12.7 Å². The highest BCUT2D eigenvalue weighted by atomic mass is 127. The Morgan fingerprint density at radius 1 is 1.32 bits per heavy atom. The maximum Gasteiger partial charge on any atom is 0.278 e. The molecule has 0 aliphatic rings. The number of ether oxygens (including phenoxy) is 3. The predicted octanol–water partition coefficient (Wildman–Crippen LogP) is 3.71. The summed E-state index contributed by atoms with van der Waals surface area (Å²) in [6.45, 7) is 5.75. The number of benzene rings is 1. The summed E-state index contributed by atoms with van der Waals surface area (Å²) in [7, 11) is 1.53. The SMILES string of the molecule is C=CCOc1c(I)cc(/C=N/NC(=O)COc2nc(C)cc(COC)c2C#N)cc1I. The monoisotopic (exact) mass is 646 g/mol. The minimum absolute atomic E-state index is 0.0906. The Morgan fingerprint density at radius 3 is 2.65 bits per heavy atom. The van der Waals surface area contributed by atoms with Crippen LogP contribution in [0.3, 0.4) is 0 Å². The molecule has 10 heteroatoms. The molecule has 1 amide bonds. The van der Waals surface area contributed by atoms with Crippen molar-refractivity contribution in [1.29, 1.82) is 5.26 Å². The molecule has 31 heavy (non-hydrogen) atoms. The summed E-state index contributed by atoms with van der Waals surface area (Å²) in [5.41, 5.74) is 4.75. The number of rotatable bonds is 10. The maximum atomic E-state index is 12.1. The first-order chi connectivity index (χ1) is 14.9. The lowest BCUT2D eigenvalue weighted by Crippen LogP contribution is -2.25. The Hall–Kier alpha value is -2.24. The molecule has 0 radical (unpaired) electrons. The number of carbonyl (C=O) groups is 1. The number of nitrogens with zero attached hydrogens (tertiary/aromatic N) is 3. The first kappa shape index (κ1) is 25.0. The summed E-state index contributed by atoms with van der Waals surface area (Å²) in [5.74, 6) is 0.391. The van der Waals surface area contributed by atoms with Crippen LogP contribution in [0, 0.1) is 25.4 Å². The van der Waals surface area contributed by atoms with E-state index in [-0.39, 0.29) is 24.7 Å². The van der Waals surface area contributed by atoms with Crippen molar-refractivity contribution in [1.82, 2.24) is 10.4 Å². The van der Waals surface area contributed by atoms with E-state index in [9.17, 15) is 10.1 Å². The minimum atomic E-state index is -0.480. The third-order valence-electron chi connectivity index (χ3n) is 3.72. The quantitative estimate of drug-likeness (QED) is 0.183. The molecule has 162 valence electrons. The molecular formula is C21H20I2N4O4. The van der Waals surface area contributed by atoms with E-state index in [0.29, 0.717) is 17.9 Å². The highest BCUT2D eigenvalue weighted by molar-refractivity contribution is 14.1. The summed E-state index contributed by atoms with van der Waals surface area (Å²) in [4.78, 5) is 16.3. The highest BCUT2D eigenvalue weighted by Crippen LogP contribution is 2.28. The fourth-order valence-electron chi connectivity index (χ4n) is 2.48. The van der Waals surface area contributed by atoms with Crippen molar-refractivity contribution in [3.63, 3.8) is 0 Å². The number of pyridine rings is 1. The smallest absolute Gasteiger partial charge is 0.278 e. The van der Waals surface area contributed by atoms with Crippen LogP contribution in [0.25, 0.3) is 0 Å². The van der Waals surface area contributed by atoms with Gasteiger partial charge in [-0.05, 0) is 75.9 Å². The molecule has 0 bridgehead atoms. The topological polar surface area (TPSA) is 106 Å². The van der Waals surface area contributed by atoms with Gasteiger partial charge < -0.3 is 14.2 Å². The summed E-state index contributed by atoms with van der Waals surface area (Å²) >= 11 is 4.36. The van der Waals surface area contributed by atoms with Gasteiger partial charge >= 0.3 is 0 Å². The first-order valence-corrected chi connectivity index (χ1v) is 11.1. The molecule has 1 N–H and O–H groups in total. The van der Waals surface area contributed by atoms with Gasteiger partial charge in [-0.25, -0.2) is 10.4 Å². The second-order valence-electron chi connectivity index (χ2n) is 6.14. The lowest BCUT2D eigenvalue weighted by Gasteiger charge is -2.11. The van der Waals surface area contributed by atoms with Crippen molar-refractivity contribution in [2.45, 2.75) is 13.5 Å². The highest BCUT2D eigenvalue weighted by Gasteiger charge is 2.14. The lowest BCUT2D eigenvalue weighted by molar-refractivity contribution is -0.123. The fourth-order valence-corrected chi connectivity index (χ4v) is 4.61. The van der Waals surface area contributed by atoms with Gasteiger partial charge in [0.05, 0.1) is 20.0 Å². The zero-order chi connectivity index (χ0) is 22.8. The number of hydrogen-bond donors (Lipinski definition) is 1. The lowest BCUT2D eigenvalue weighted by atomic mass is 10.1. The van der Waals surface area contributed by atoms with Crippen LogP contribution in [0.5, 0.6) is 11.6 Å². The number of halogens is 2. The van der Waals surface area contributed by atoms with Crippen molar-refractivity contribution in [2.75, 3.05) is 20.3 Å². The molecule has 1 aromatic carbocycles. The second kappa shape index (κ2) is 12.6. The Labute approximate surface area is 208 Å². The van der Waals surface area contributed by atoms with E-state index in [0.717, 1.165) is 18.5 Å².